The van der Waals surface area contributed by atoms with E-state index in [1.165, 1.54) is 61.8 Å². The minimum atomic E-state index is -5.26. The fourth-order valence-electron chi connectivity index (χ4n) is 7.87. The van der Waals surface area contributed by atoms with Crippen molar-refractivity contribution in [2.75, 3.05) is 52.6 Å². The lowest BCUT2D eigenvalue weighted by Crippen LogP contribution is -2.39. The number of thiol groups is 1. The lowest BCUT2D eigenvalue weighted by Gasteiger charge is -2.29. The third-order valence-electron chi connectivity index (χ3n) is 11.1. The van der Waals surface area contributed by atoms with Gasteiger partial charge < -0.3 is 59.1 Å². The molecule has 0 saturated carbocycles. The Morgan fingerprint density at radius 3 is 1.87 bits per heavy atom. The van der Waals surface area contributed by atoms with Gasteiger partial charge in [0.2, 0.25) is 0 Å². The van der Waals surface area contributed by atoms with Gasteiger partial charge in [-0.1, -0.05) is 12.2 Å². The van der Waals surface area contributed by atoms with E-state index in [4.69, 9.17) is 74.1 Å². The molecule has 8 rings (SSSR count). The van der Waals surface area contributed by atoms with Gasteiger partial charge in [-0.15, -0.1) is 0 Å². The number of hydrogen-bond donors (Lipinski definition) is 7. The summed E-state index contributed by atoms with van der Waals surface area (Å²) in [6.45, 7) is -8.87. The largest absolute Gasteiger partial charge is 0.473 e. The minimum Gasteiger partial charge on any atom is -0.394 e. The Kier molecular flexibility index (Phi) is 15.0. The lowest BCUT2D eigenvalue weighted by molar-refractivity contribution is -0.0596. The number of nitrogen functional groups attached to an aromatic ring is 2. The molecule has 3 aliphatic heterocycles. The predicted molar refractivity (Wildman–Crippen MR) is 237 cm³/mol. The van der Waals surface area contributed by atoms with Crippen molar-refractivity contribution in [3.05, 3.63) is 57.9 Å². The molecule has 30 nitrogen and oxygen atoms in total. The molecule has 3 saturated heterocycles. The normalized spacial score (nSPS) is 30.2. The molecular formula is C33H45N12O18P3S2. The second-order valence-corrected chi connectivity index (χ2v) is 22.4. The first kappa shape index (κ1) is 50.7. The van der Waals surface area contributed by atoms with Crippen molar-refractivity contribution in [1.29, 1.82) is 0 Å². The number of aliphatic hydroxyl groups is 1. The molecule has 8 heterocycles. The molecule has 3 unspecified atom stereocenters. The van der Waals surface area contributed by atoms with Gasteiger partial charge in [-0.2, -0.15) is 0 Å². The van der Waals surface area contributed by atoms with Crippen molar-refractivity contribution in [1.82, 2.24) is 48.6 Å². The molecule has 0 bridgehead atoms. The van der Waals surface area contributed by atoms with Crippen molar-refractivity contribution in [2.45, 2.75) is 80.9 Å². The Balaban J connectivity index is 1.05. The first-order valence-corrected chi connectivity index (χ1v) is 26.7. The van der Waals surface area contributed by atoms with Crippen LogP contribution in [0.2, 0.25) is 0 Å². The Morgan fingerprint density at radius 2 is 1.34 bits per heavy atom. The topological polar surface area (TPSA) is 390 Å². The number of phosphoric acid groups is 1. The van der Waals surface area contributed by atoms with E-state index < -0.39 is 120 Å². The Labute approximate surface area is 393 Å². The highest BCUT2D eigenvalue weighted by Gasteiger charge is 2.54. The summed E-state index contributed by atoms with van der Waals surface area (Å²) in [5.41, 5.74) is 11.6. The number of nitrogens with one attached hydrogen (secondary N) is 1. The summed E-state index contributed by atoms with van der Waals surface area (Å²) < 4.78 is 94.3. The molecule has 3 fully saturated rings. The number of fused-ring (bicyclic) bond motifs is 2. The number of aryl methyl sites for hydroxylation is 1. The third kappa shape index (κ3) is 10.4. The summed E-state index contributed by atoms with van der Waals surface area (Å²) in [6.07, 6.45) is -8.08. The van der Waals surface area contributed by atoms with Crippen molar-refractivity contribution in [2.24, 2.45) is 0 Å². The average Bonchev–Trinajstić information content (AvgIpc) is 4.13. The molecule has 8 N–H and O–H groups in total. The van der Waals surface area contributed by atoms with Crippen LogP contribution in [0, 0.1) is 6.92 Å². The zero-order chi connectivity index (χ0) is 48.9. The van der Waals surface area contributed by atoms with Crippen molar-refractivity contribution in [3.63, 3.8) is 0 Å². The van der Waals surface area contributed by atoms with Crippen LogP contribution in [-0.4, -0.2) is 153 Å². The van der Waals surface area contributed by atoms with Crippen molar-refractivity contribution >= 4 is 79.4 Å². The van der Waals surface area contributed by atoms with E-state index in [-0.39, 0.29) is 45.9 Å². The highest BCUT2D eigenvalue weighted by Crippen LogP contribution is 2.56. The van der Waals surface area contributed by atoms with Gasteiger partial charge in [0.1, 0.15) is 78.7 Å². The van der Waals surface area contributed by atoms with Crippen LogP contribution in [0.4, 0.5) is 11.6 Å². The number of aromatic amines is 1. The molecule has 0 aromatic carbocycles. The molecule has 0 amide bonds. The highest BCUT2D eigenvalue weighted by atomic mass is 32.7. The van der Waals surface area contributed by atoms with Crippen LogP contribution < -0.4 is 22.7 Å². The monoisotopic (exact) mass is 1050 g/mol. The summed E-state index contributed by atoms with van der Waals surface area (Å²) in [7, 11) is -1.57. The number of aliphatic hydroxyl groups excluding tert-OH is 1. The summed E-state index contributed by atoms with van der Waals surface area (Å²) >= 11 is 9.44. The van der Waals surface area contributed by atoms with Crippen LogP contribution in [0.15, 0.2) is 41.1 Å². The highest BCUT2D eigenvalue weighted by molar-refractivity contribution is 8.44. The van der Waals surface area contributed by atoms with Gasteiger partial charge >= 0.3 is 27.0 Å². The Bertz CT molecular complexity index is 2910. The van der Waals surface area contributed by atoms with Gasteiger partial charge in [0.05, 0.1) is 32.5 Å². The number of nitrogens with two attached hydrogens (primary N) is 2. The number of aromatic nitrogens is 10. The van der Waals surface area contributed by atoms with Crippen LogP contribution in [-0.2, 0) is 71.8 Å². The predicted octanol–water partition coefficient (Wildman–Crippen LogP) is -0.0159. The smallest absolute Gasteiger partial charge is 0.394 e. The molecule has 0 radical (unpaired) electrons. The number of imidazole rings is 2. The zero-order valence-electron chi connectivity index (χ0n) is 35.9. The van der Waals surface area contributed by atoms with Crippen molar-refractivity contribution < 1.29 is 74.9 Å². The fraction of sp³-hybridized carbons (Fsp3) is 0.576. The average molecular weight is 1050 g/mol. The Morgan fingerprint density at radius 1 is 0.794 bits per heavy atom. The quantitative estimate of drug-likeness (QED) is 0.0422. The second-order valence-electron chi connectivity index (χ2n) is 15.2. The maximum Gasteiger partial charge on any atom is 0.473 e. The SMILES string of the molecule is CO[C@@H]1[C@H](OP(=O)(O)O[C@H]2C[C@H](n3cc(C)c(=O)[nH]c3=O)O[C@@H]2CO)[C@@H](COP(O)(=S)O[C@H]2[C@@H](OC)[C@H](n3cnc4c(N)ncnc43)O[C@@H]2COP(=O)(S)OC)O[C@H]1n1cnc2c(N)ncnc21. The molecule has 14 atom stereocenters. The molecule has 3 aliphatic rings. The number of ether oxygens (including phenoxy) is 5. The van der Waals surface area contributed by atoms with Gasteiger partial charge in [-0.3, -0.25) is 41.6 Å². The van der Waals surface area contributed by atoms with Crippen LogP contribution in [0.5, 0.6) is 0 Å². The van der Waals surface area contributed by atoms with Gasteiger partial charge in [-0.05, 0) is 18.7 Å². The van der Waals surface area contributed by atoms with Gasteiger partial charge in [0, 0.05) is 39.5 Å². The number of H-pyrrole nitrogens is 1. The van der Waals surface area contributed by atoms with E-state index in [1.807, 2.05) is 0 Å². The maximum absolute atomic E-state index is 14.0. The molecular weight excluding hydrogens is 1010 g/mol. The van der Waals surface area contributed by atoms with Gasteiger partial charge in [0.25, 0.3) is 5.56 Å². The molecule has 0 spiro atoms. The third-order valence-corrected chi connectivity index (χ3v) is 15.4. The van der Waals surface area contributed by atoms with Crippen LogP contribution in [0.25, 0.3) is 22.3 Å². The summed E-state index contributed by atoms with van der Waals surface area (Å²) in [5.74, 6) is 0.107. The molecule has 5 aromatic heterocycles. The standard InChI is InChI=1S/C33H45N12O18P3S2/c1-14-6-43(33(48)42-30(14)47)19-5-15(16(7-46)58-19)61-64(49,50)62-22-17(59-31(24(22)53-2)44-12-40-20-26(34)36-10-38-28(20)44)9-57-66(52,68)63-23-18(8-56-65(51,67)55-4)60-32(25(23)54-3)45-13-41-21-27(35)37-11-39-29(21)45/h6,10-13,15-19,22-25,31-32,46H,5,7-9H2,1-4H3,(H,49,50)(H,51,67)(H,52,68)(H2,34,36,38)(H2,35,37,39)(H,42,47,48)/t15-,16+,17+,18+,19+,22+,23+,24+,25+,31+,32+,65?,66?/m0/s1. The molecule has 35 heteroatoms. The number of hydrogen-bond acceptors (Lipinski definition) is 25. The van der Waals surface area contributed by atoms with Crippen LogP contribution in [0.1, 0.15) is 30.7 Å². The summed E-state index contributed by atoms with van der Waals surface area (Å²) in [5, 5.41) is 10.2. The molecule has 5 aromatic rings. The number of anilines is 2. The van der Waals surface area contributed by atoms with E-state index in [9.17, 15) is 33.6 Å². The van der Waals surface area contributed by atoms with E-state index in [0.717, 1.165) is 11.7 Å². The maximum atomic E-state index is 14.0. The van der Waals surface area contributed by atoms with E-state index >= 15 is 0 Å². The van der Waals surface area contributed by atoms with Gasteiger partial charge in [0.15, 0.2) is 35.4 Å². The first-order valence-electron chi connectivity index (χ1n) is 20.0. The number of rotatable bonds is 19. The molecule has 372 valence electrons. The van der Waals surface area contributed by atoms with Crippen LogP contribution >= 0.6 is 33.6 Å². The molecule has 0 aliphatic carbocycles. The fourth-order valence-corrected chi connectivity index (χ4v) is 11.1. The zero-order valence-corrected chi connectivity index (χ0v) is 40.3. The summed E-state index contributed by atoms with van der Waals surface area (Å²) in [6, 6.07) is 0. The number of phosphoric ester groups is 1. The number of methoxy groups -OCH3 is 2. The van der Waals surface area contributed by atoms with Crippen molar-refractivity contribution in [3.8, 4) is 0 Å². The van der Waals surface area contributed by atoms with Crippen LogP contribution in [0.3, 0.4) is 0 Å². The Hall–Kier alpha value is -3.72. The summed E-state index contributed by atoms with van der Waals surface area (Å²) in [4.78, 5) is 74.9. The lowest BCUT2D eigenvalue weighted by atomic mass is 10.1. The van der Waals surface area contributed by atoms with E-state index in [2.05, 4.69) is 47.1 Å². The number of nitrogens with zero attached hydrogens (tertiary/aromatic N) is 9. The minimum absolute atomic E-state index is 0.0313. The first-order chi connectivity index (χ1) is 32.3. The second kappa shape index (κ2) is 20.2. The van der Waals surface area contributed by atoms with E-state index in [0.29, 0.717) is 0 Å². The van der Waals surface area contributed by atoms with E-state index in [1.54, 1.807) is 0 Å². The molecule has 68 heavy (non-hydrogen) atoms. The van der Waals surface area contributed by atoms with Gasteiger partial charge in [-0.25, -0.2) is 43.8 Å².